The van der Waals surface area contributed by atoms with E-state index < -0.39 is 21.5 Å². The quantitative estimate of drug-likeness (QED) is 0.832. The van der Waals surface area contributed by atoms with E-state index in [1.807, 2.05) is 6.07 Å². The summed E-state index contributed by atoms with van der Waals surface area (Å²) in [5, 5.41) is 18.3. The molecule has 0 heterocycles. The van der Waals surface area contributed by atoms with Crippen LogP contribution >= 0.6 is 0 Å². The minimum atomic E-state index is -3.98. The molecule has 2 N–H and O–H groups in total. The predicted octanol–water partition coefficient (Wildman–Crippen LogP) is 1.92. The second-order valence-corrected chi connectivity index (χ2v) is 7.22. The van der Waals surface area contributed by atoms with Crippen molar-refractivity contribution in [3.63, 3.8) is 0 Å². The predicted molar refractivity (Wildman–Crippen MR) is 87.7 cm³/mol. The number of sulfonamides is 1. The SMILES string of the molecule is CC(Cc1ccc(C#N)cc1)(NS(=O)(=O)c1ccccc1)C(=O)O. The summed E-state index contributed by atoms with van der Waals surface area (Å²) in [6.07, 6.45) is -0.0555. The fraction of sp³-hybridized carbons (Fsp3) is 0.176. The molecule has 2 rings (SSSR count). The molecule has 0 aliphatic rings. The number of carboxylic acid groups (broad SMARTS) is 1. The lowest BCUT2D eigenvalue weighted by molar-refractivity contribution is -0.143. The van der Waals surface area contributed by atoms with Gasteiger partial charge in [0, 0.05) is 6.42 Å². The van der Waals surface area contributed by atoms with Gasteiger partial charge < -0.3 is 5.11 Å². The molecule has 0 saturated heterocycles. The molecule has 0 saturated carbocycles. The van der Waals surface area contributed by atoms with Crippen LogP contribution in [0.1, 0.15) is 18.1 Å². The number of carboxylic acids is 1. The van der Waals surface area contributed by atoms with E-state index in [9.17, 15) is 18.3 Å². The smallest absolute Gasteiger partial charge is 0.324 e. The third-order valence-electron chi connectivity index (χ3n) is 3.53. The van der Waals surface area contributed by atoms with Gasteiger partial charge in [-0.15, -0.1) is 0 Å². The highest BCUT2D eigenvalue weighted by Crippen LogP contribution is 2.19. The van der Waals surface area contributed by atoms with E-state index >= 15 is 0 Å². The Hall–Kier alpha value is -2.69. The number of hydrogen-bond donors (Lipinski definition) is 2. The van der Waals surface area contributed by atoms with Crippen LogP contribution in [-0.4, -0.2) is 25.0 Å². The number of carbonyl (C=O) groups is 1. The zero-order valence-corrected chi connectivity index (χ0v) is 13.7. The third kappa shape index (κ3) is 3.98. The van der Waals surface area contributed by atoms with Crippen molar-refractivity contribution in [2.45, 2.75) is 23.8 Å². The van der Waals surface area contributed by atoms with Gasteiger partial charge in [0.15, 0.2) is 0 Å². The molecule has 0 aliphatic carbocycles. The first-order valence-corrected chi connectivity index (χ1v) is 8.57. The zero-order valence-electron chi connectivity index (χ0n) is 12.9. The Labute approximate surface area is 140 Å². The largest absolute Gasteiger partial charge is 0.480 e. The molecule has 24 heavy (non-hydrogen) atoms. The van der Waals surface area contributed by atoms with Gasteiger partial charge in [-0.1, -0.05) is 30.3 Å². The Morgan fingerprint density at radius 2 is 1.75 bits per heavy atom. The Kier molecular flexibility index (Phi) is 5.02. The first-order chi connectivity index (χ1) is 11.3. The minimum Gasteiger partial charge on any atom is -0.480 e. The van der Waals surface area contributed by atoms with Gasteiger partial charge in [-0.2, -0.15) is 9.98 Å². The second-order valence-electron chi connectivity index (χ2n) is 5.54. The highest BCUT2D eigenvalue weighted by molar-refractivity contribution is 7.89. The topological polar surface area (TPSA) is 107 Å². The number of nitrogens with zero attached hydrogens (tertiary/aromatic N) is 1. The molecule has 1 unspecified atom stereocenters. The second kappa shape index (κ2) is 6.83. The number of benzene rings is 2. The van der Waals surface area contributed by atoms with Gasteiger partial charge in [-0.25, -0.2) is 8.42 Å². The minimum absolute atomic E-state index is 0.00250. The molecule has 2 aromatic rings. The van der Waals surface area contributed by atoms with Gasteiger partial charge in [0.1, 0.15) is 5.54 Å². The summed E-state index contributed by atoms with van der Waals surface area (Å²) in [5.41, 5.74) is -0.668. The molecule has 6 nitrogen and oxygen atoms in total. The first kappa shape index (κ1) is 17.7. The van der Waals surface area contributed by atoms with Crippen LogP contribution in [-0.2, 0) is 21.2 Å². The molecule has 124 valence electrons. The molecule has 0 aliphatic heterocycles. The fourth-order valence-corrected chi connectivity index (χ4v) is 3.60. The van der Waals surface area contributed by atoms with E-state index in [1.165, 1.54) is 19.1 Å². The Morgan fingerprint density at radius 1 is 1.17 bits per heavy atom. The average molecular weight is 344 g/mol. The van der Waals surface area contributed by atoms with Gasteiger partial charge in [-0.05, 0) is 36.8 Å². The average Bonchev–Trinajstić information content (AvgIpc) is 2.55. The number of rotatable bonds is 6. The van der Waals surface area contributed by atoms with E-state index in [-0.39, 0.29) is 11.3 Å². The summed E-state index contributed by atoms with van der Waals surface area (Å²) in [7, 11) is -3.98. The van der Waals surface area contributed by atoms with Gasteiger partial charge in [0.25, 0.3) is 0 Å². The lowest BCUT2D eigenvalue weighted by atomic mass is 9.94. The molecule has 0 spiro atoms. The Balaban J connectivity index is 2.30. The Bertz CT molecular complexity index is 871. The zero-order chi connectivity index (χ0) is 17.8. The van der Waals surface area contributed by atoms with E-state index in [0.717, 1.165) is 0 Å². The number of hydrogen-bond acceptors (Lipinski definition) is 4. The summed E-state index contributed by atoms with van der Waals surface area (Å²) in [5.74, 6) is -1.29. The molecular formula is C17H16N2O4S. The van der Waals surface area contributed by atoms with E-state index in [1.54, 1.807) is 42.5 Å². The van der Waals surface area contributed by atoms with E-state index in [2.05, 4.69) is 4.72 Å². The lowest BCUT2D eigenvalue weighted by Gasteiger charge is -2.26. The molecule has 1 atom stereocenters. The Morgan fingerprint density at radius 3 is 2.25 bits per heavy atom. The molecule has 2 aromatic carbocycles. The van der Waals surface area contributed by atoms with Crippen LogP contribution in [0.15, 0.2) is 59.5 Å². The summed E-state index contributed by atoms with van der Waals surface area (Å²) in [4.78, 5) is 11.7. The molecule has 0 radical (unpaired) electrons. The van der Waals surface area contributed by atoms with Crippen LogP contribution in [0.5, 0.6) is 0 Å². The molecular weight excluding hydrogens is 328 g/mol. The summed E-state index contributed by atoms with van der Waals surface area (Å²) < 4.78 is 27.1. The van der Waals surface area contributed by atoms with Crippen molar-refractivity contribution >= 4 is 16.0 Å². The summed E-state index contributed by atoms with van der Waals surface area (Å²) in [6, 6.07) is 15.9. The van der Waals surface area contributed by atoms with Crippen LogP contribution in [0, 0.1) is 11.3 Å². The third-order valence-corrected chi connectivity index (χ3v) is 5.14. The van der Waals surface area contributed by atoms with Crippen LogP contribution in [0.2, 0.25) is 0 Å². The van der Waals surface area contributed by atoms with Crippen molar-refractivity contribution in [1.82, 2.24) is 4.72 Å². The summed E-state index contributed by atoms with van der Waals surface area (Å²) in [6.45, 7) is 1.31. The highest BCUT2D eigenvalue weighted by Gasteiger charge is 2.38. The summed E-state index contributed by atoms with van der Waals surface area (Å²) >= 11 is 0. The monoisotopic (exact) mass is 344 g/mol. The van der Waals surface area contributed by atoms with Crippen molar-refractivity contribution in [2.75, 3.05) is 0 Å². The normalized spacial score (nSPS) is 13.7. The molecule has 0 aromatic heterocycles. The maximum Gasteiger partial charge on any atom is 0.324 e. The molecule has 0 fully saturated rings. The van der Waals surface area contributed by atoms with Gasteiger partial charge in [-0.3, -0.25) is 4.79 Å². The van der Waals surface area contributed by atoms with Crippen molar-refractivity contribution in [3.05, 3.63) is 65.7 Å². The number of aliphatic carboxylic acids is 1. The highest BCUT2D eigenvalue weighted by atomic mass is 32.2. The maximum atomic E-state index is 12.4. The van der Waals surface area contributed by atoms with Crippen molar-refractivity contribution in [1.29, 1.82) is 5.26 Å². The van der Waals surface area contributed by atoms with Crippen LogP contribution in [0.3, 0.4) is 0 Å². The molecule has 0 bridgehead atoms. The first-order valence-electron chi connectivity index (χ1n) is 7.08. The standard InChI is InChI=1S/C17H16N2O4S/c1-17(16(20)21,11-13-7-9-14(12-18)10-8-13)19-24(22,23)15-5-3-2-4-6-15/h2-10,19H,11H2,1H3,(H,20,21). The van der Waals surface area contributed by atoms with Crippen LogP contribution in [0.25, 0.3) is 0 Å². The number of nitrogens with one attached hydrogen (secondary N) is 1. The van der Waals surface area contributed by atoms with E-state index in [4.69, 9.17) is 5.26 Å². The molecule has 7 heteroatoms. The van der Waals surface area contributed by atoms with Crippen molar-refractivity contribution < 1.29 is 18.3 Å². The fourth-order valence-electron chi connectivity index (χ4n) is 2.22. The van der Waals surface area contributed by atoms with E-state index in [0.29, 0.717) is 11.1 Å². The lowest BCUT2D eigenvalue weighted by Crippen LogP contribution is -2.53. The van der Waals surface area contributed by atoms with Crippen molar-refractivity contribution in [2.24, 2.45) is 0 Å². The van der Waals surface area contributed by atoms with Crippen LogP contribution < -0.4 is 4.72 Å². The van der Waals surface area contributed by atoms with Crippen LogP contribution in [0.4, 0.5) is 0 Å². The van der Waals surface area contributed by atoms with Gasteiger partial charge in [0.05, 0.1) is 16.5 Å². The maximum absolute atomic E-state index is 12.4. The van der Waals surface area contributed by atoms with Gasteiger partial charge >= 0.3 is 5.97 Å². The van der Waals surface area contributed by atoms with Crippen molar-refractivity contribution in [3.8, 4) is 6.07 Å². The number of nitriles is 1. The molecule has 0 amide bonds. The van der Waals surface area contributed by atoms with Gasteiger partial charge in [0.2, 0.25) is 10.0 Å².